The molecule has 2 atom stereocenters. The van der Waals surface area contributed by atoms with Gasteiger partial charge in [-0.25, -0.2) is 4.57 Å². The zero-order chi connectivity index (χ0) is 33.8. The predicted octanol–water partition coefficient (Wildman–Crippen LogP) is 10.7. The topological polar surface area (TPSA) is 117 Å². The summed E-state index contributed by atoms with van der Waals surface area (Å²) in [6.45, 7) is 4.87. The van der Waals surface area contributed by atoms with Crippen molar-refractivity contribution in [1.82, 2.24) is 0 Å². The Labute approximate surface area is 283 Å². The molecule has 0 amide bonds. The van der Waals surface area contributed by atoms with Crippen molar-refractivity contribution in [2.75, 3.05) is 33.0 Å². The second-order valence-corrected chi connectivity index (χ2v) is 14.2. The zero-order valence-electron chi connectivity index (χ0n) is 30.1. The molecule has 46 heavy (non-hydrogen) atoms. The molecule has 0 aromatic heterocycles. The summed E-state index contributed by atoms with van der Waals surface area (Å²) < 4.78 is 33.3. The maximum Gasteiger partial charge on any atom is 0.472 e. The Bertz CT molecular complexity index is 722. The number of esters is 1. The van der Waals surface area contributed by atoms with Crippen molar-refractivity contribution in [2.24, 2.45) is 5.73 Å². The molecule has 0 radical (unpaired) electrons. The standard InChI is InChI=1S/C37H74NO7P/c1-3-5-7-9-11-13-15-16-17-18-19-20-22-24-26-28-30-37(39)45-36(35-44-46(40,41)43-33-31-38)34-42-32-29-27-25-23-21-14-12-10-8-6-4-2/h8,10,36H,3-7,9,11-35,38H2,1-2H3,(H,40,41)/b10-8-. The van der Waals surface area contributed by atoms with Gasteiger partial charge in [0.15, 0.2) is 0 Å². The minimum atomic E-state index is -4.26. The predicted molar refractivity (Wildman–Crippen MR) is 192 cm³/mol. The number of phosphoric ester groups is 1. The monoisotopic (exact) mass is 676 g/mol. The van der Waals surface area contributed by atoms with E-state index in [2.05, 4.69) is 26.0 Å². The molecule has 8 nitrogen and oxygen atoms in total. The van der Waals surface area contributed by atoms with Crippen molar-refractivity contribution < 1.29 is 32.8 Å². The van der Waals surface area contributed by atoms with Crippen LogP contribution in [-0.4, -0.2) is 49.9 Å². The van der Waals surface area contributed by atoms with Gasteiger partial charge < -0.3 is 20.1 Å². The van der Waals surface area contributed by atoms with E-state index < -0.39 is 13.9 Å². The Morgan fingerprint density at radius 3 is 1.67 bits per heavy atom. The maximum atomic E-state index is 12.5. The van der Waals surface area contributed by atoms with Gasteiger partial charge in [-0.15, -0.1) is 0 Å². The smallest absolute Gasteiger partial charge is 0.457 e. The maximum absolute atomic E-state index is 12.5. The van der Waals surface area contributed by atoms with Gasteiger partial charge in [0.05, 0.1) is 19.8 Å². The van der Waals surface area contributed by atoms with Gasteiger partial charge >= 0.3 is 13.8 Å². The molecule has 0 aromatic carbocycles. The molecule has 0 heterocycles. The quantitative estimate of drug-likeness (QED) is 0.0289. The second-order valence-electron chi connectivity index (χ2n) is 12.8. The molecule has 0 fully saturated rings. The minimum absolute atomic E-state index is 0.0937. The first-order chi connectivity index (χ1) is 22.4. The lowest BCUT2D eigenvalue weighted by Gasteiger charge is -2.20. The Morgan fingerprint density at radius 2 is 1.13 bits per heavy atom. The van der Waals surface area contributed by atoms with E-state index in [1.165, 1.54) is 128 Å². The molecule has 0 rings (SSSR count). The summed E-state index contributed by atoms with van der Waals surface area (Å²) in [5.41, 5.74) is 5.35. The Balaban J connectivity index is 4.04. The average molecular weight is 676 g/mol. The van der Waals surface area contributed by atoms with Gasteiger partial charge in [0, 0.05) is 19.6 Å². The lowest BCUT2D eigenvalue weighted by atomic mass is 10.0. The number of hydrogen-bond donors (Lipinski definition) is 2. The lowest BCUT2D eigenvalue weighted by Crippen LogP contribution is -2.28. The van der Waals surface area contributed by atoms with Crippen LogP contribution in [0.1, 0.15) is 181 Å². The van der Waals surface area contributed by atoms with Gasteiger partial charge in [0.2, 0.25) is 0 Å². The zero-order valence-corrected chi connectivity index (χ0v) is 31.0. The van der Waals surface area contributed by atoms with Crippen LogP contribution in [0.5, 0.6) is 0 Å². The fraction of sp³-hybridized carbons (Fsp3) is 0.919. The number of phosphoric acid groups is 1. The molecule has 0 aliphatic carbocycles. The first kappa shape index (κ1) is 45.2. The van der Waals surface area contributed by atoms with Gasteiger partial charge in [-0.3, -0.25) is 13.8 Å². The molecule has 0 aliphatic rings. The van der Waals surface area contributed by atoms with Crippen molar-refractivity contribution in [3.8, 4) is 0 Å². The molecule has 0 aliphatic heterocycles. The fourth-order valence-electron chi connectivity index (χ4n) is 5.35. The number of hydrogen-bond acceptors (Lipinski definition) is 7. The largest absolute Gasteiger partial charge is 0.472 e. The van der Waals surface area contributed by atoms with Crippen molar-refractivity contribution in [1.29, 1.82) is 0 Å². The van der Waals surface area contributed by atoms with Crippen LogP contribution in [0.15, 0.2) is 12.2 Å². The molecule has 0 aromatic rings. The van der Waals surface area contributed by atoms with E-state index in [1.54, 1.807) is 0 Å². The van der Waals surface area contributed by atoms with Crippen LogP contribution in [0, 0.1) is 0 Å². The number of ether oxygens (including phenoxy) is 2. The first-order valence-corrected chi connectivity index (χ1v) is 20.7. The molecule has 0 saturated carbocycles. The Hall–Kier alpha value is -0.760. The van der Waals surface area contributed by atoms with Crippen molar-refractivity contribution in [3.05, 3.63) is 12.2 Å². The molecule has 274 valence electrons. The summed E-state index contributed by atoms with van der Waals surface area (Å²) >= 11 is 0. The summed E-state index contributed by atoms with van der Waals surface area (Å²) in [7, 11) is -4.26. The third-order valence-corrected chi connectivity index (χ3v) is 9.15. The van der Waals surface area contributed by atoms with E-state index in [-0.39, 0.29) is 32.3 Å². The van der Waals surface area contributed by atoms with Crippen LogP contribution in [0.3, 0.4) is 0 Å². The molecule has 0 bridgehead atoms. The van der Waals surface area contributed by atoms with Crippen molar-refractivity contribution in [2.45, 2.75) is 187 Å². The van der Waals surface area contributed by atoms with Crippen molar-refractivity contribution >= 4 is 13.8 Å². The van der Waals surface area contributed by atoms with E-state index in [9.17, 15) is 14.3 Å². The highest BCUT2D eigenvalue weighted by Gasteiger charge is 2.25. The third-order valence-electron chi connectivity index (χ3n) is 8.16. The van der Waals surface area contributed by atoms with Crippen LogP contribution in [0.4, 0.5) is 0 Å². The summed E-state index contributed by atoms with van der Waals surface area (Å²) in [6.07, 6.45) is 35.1. The first-order valence-electron chi connectivity index (χ1n) is 19.2. The molecular weight excluding hydrogens is 601 g/mol. The molecule has 0 saturated heterocycles. The molecule has 9 heteroatoms. The molecular formula is C37H74NO7P. The number of nitrogens with two attached hydrogens (primary N) is 1. The van der Waals surface area contributed by atoms with Crippen LogP contribution in [0.25, 0.3) is 0 Å². The SMILES string of the molecule is CCC/C=C\CCCCCCCCOCC(COP(=O)(O)OCCN)OC(=O)CCCCCCCCCCCCCCCCCC. The number of rotatable bonds is 37. The summed E-state index contributed by atoms with van der Waals surface area (Å²) in [6, 6.07) is 0. The third kappa shape index (κ3) is 34.6. The average Bonchev–Trinajstić information content (AvgIpc) is 3.04. The summed E-state index contributed by atoms with van der Waals surface area (Å²) in [4.78, 5) is 22.4. The van der Waals surface area contributed by atoms with E-state index in [4.69, 9.17) is 24.3 Å². The van der Waals surface area contributed by atoms with Gasteiger partial charge in [0.1, 0.15) is 6.10 Å². The van der Waals surface area contributed by atoms with Gasteiger partial charge in [-0.2, -0.15) is 0 Å². The summed E-state index contributed by atoms with van der Waals surface area (Å²) in [5.74, 6) is -0.331. The molecule has 2 unspecified atom stereocenters. The van der Waals surface area contributed by atoms with E-state index in [1.807, 2.05) is 0 Å². The second kappa shape index (κ2) is 35.5. The van der Waals surface area contributed by atoms with Crippen LogP contribution in [0.2, 0.25) is 0 Å². The van der Waals surface area contributed by atoms with Crippen molar-refractivity contribution in [3.63, 3.8) is 0 Å². The van der Waals surface area contributed by atoms with Gasteiger partial charge in [-0.1, -0.05) is 154 Å². The highest BCUT2D eigenvalue weighted by atomic mass is 31.2. The number of unbranched alkanes of at least 4 members (excludes halogenated alkanes) is 22. The fourth-order valence-corrected chi connectivity index (χ4v) is 6.12. The Kier molecular flexibility index (Phi) is 35.0. The lowest BCUT2D eigenvalue weighted by molar-refractivity contribution is -0.154. The van der Waals surface area contributed by atoms with E-state index >= 15 is 0 Å². The minimum Gasteiger partial charge on any atom is -0.457 e. The van der Waals surface area contributed by atoms with Gasteiger partial charge in [-0.05, 0) is 32.1 Å². The highest BCUT2D eigenvalue weighted by molar-refractivity contribution is 7.47. The van der Waals surface area contributed by atoms with Crippen LogP contribution in [-0.2, 0) is 27.9 Å². The van der Waals surface area contributed by atoms with E-state index in [0.717, 1.165) is 32.1 Å². The van der Waals surface area contributed by atoms with Crippen LogP contribution >= 0.6 is 7.82 Å². The highest BCUT2D eigenvalue weighted by Crippen LogP contribution is 2.43. The molecule has 3 N–H and O–H groups in total. The number of carbonyl (C=O) groups is 1. The van der Waals surface area contributed by atoms with Crippen LogP contribution < -0.4 is 5.73 Å². The normalized spacial score (nSPS) is 13.7. The molecule has 0 spiro atoms. The number of carbonyl (C=O) groups excluding carboxylic acids is 1. The van der Waals surface area contributed by atoms with E-state index in [0.29, 0.717) is 13.0 Å². The van der Waals surface area contributed by atoms with Gasteiger partial charge in [0.25, 0.3) is 0 Å². The summed E-state index contributed by atoms with van der Waals surface area (Å²) in [5, 5.41) is 0. The Morgan fingerprint density at radius 1 is 0.630 bits per heavy atom. The number of allylic oxidation sites excluding steroid dienone is 2.